The average Bonchev–Trinajstić information content (AvgIpc) is 2.86. The minimum atomic E-state index is -1.05. The average molecular weight is 237 g/mol. The third-order valence-corrected chi connectivity index (χ3v) is 3.01. The van der Waals surface area contributed by atoms with Crippen LogP contribution in [0, 0.1) is 0 Å². The molecule has 0 unspecified atom stereocenters. The van der Waals surface area contributed by atoms with Gasteiger partial charge in [-0.25, -0.2) is 4.79 Å². The van der Waals surface area contributed by atoms with Gasteiger partial charge in [0.15, 0.2) is 5.88 Å². The number of carbonyl (C=O) groups is 1. The van der Waals surface area contributed by atoms with Crippen molar-refractivity contribution in [3.05, 3.63) is 40.3 Å². The van der Waals surface area contributed by atoms with Gasteiger partial charge in [-0.15, -0.1) is 11.3 Å². The quantitative estimate of drug-likeness (QED) is 0.888. The molecule has 5 heteroatoms. The molecular weight excluding hydrogens is 226 g/mol. The summed E-state index contributed by atoms with van der Waals surface area (Å²) in [5.41, 5.74) is 0. The zero-order valence-electron chi connectivity index (χ0n) is 8.71. The summed E-state index contributed by atoms with van der Waals surface area (Å²) in [5.74, 6) is -0.519. The highest BCUT2D eigenvalue weighted by Gasteiger charge is 2.12. The van der Waals surface area contributed by atoms with Crippen molar-refractivity contribution < 1.29 is 14.3 Å². The number of carboxylic acids is 1. The Labute approximate surface area is 96.7 Å². The number of aromatic carboxylic acids is 1. The van der Waals surface area contributed by atoms with Gasteiger partial charge in [0.25, 0.3) is 0 Å². The molecule has 0 radical (unpaired) electrons. The molecule has 0 saturated carbocycles. The SMILES string of the molecule is CN(Cc1cccs1)c1ccc(C(=O)O)o1. The molecule has 0 aliphatic carbocycles. The topological polar surface area (TPSA) is 53.7 Å². The minimum Gasteiger partial charge on any atom is -0.475 e. The van der Waals surface area contributed by atoms with Crippen molar-refractivity contribution in [2.75, 3.05) is 11.9 Å². The number of carboxylic acid groups (broad SMARTS) is 1. The Morgan fingerprint density at radius 1 is 1.50 bits per heavy atom. The van der Waals surface area contributed by atoms with Crippen LogP contribution in [0.15, 0.2) is 34.1 Å². The zero-order valence-corrected chi connectivity index (χ0v) is 9.53. The molecule has 16 heavy (non-hydrogen) atoms. The molecule has 0 amide bonds. The molecule has 2 heterocycles. The van der Waals surface area contributed by atoms with Gasteiger partial charge in [0.05, 0.1) is 6.54 Å². The van der Waals surface area contributed by atoms with E-state index in [0.29, 0.717) is 12.4 Å². The maximum Gasteiger partial charge on any atom is 0.371 e. The fourth-order valence-electron chi connectivity index (χ4n) is 1.36. The Hall–Kier alpha value is -1.75. The van der Waals surface area contributed by atoms with Crippen molar-refractivity contribution in [1.29, 1.82) is 0 Å². The lowest BCUT2D eigenvalue weighted by Crippen LogP contribution is -2.14. The van der Waals surface area contributed by atoms with Crippen LogP contribution in [-0.2, 0) is 6.54 Å². The molecule has 0 saturated heterocycles. The molecule has 0 aliphatic heterocycles. The molecule has 4 nitrogen and oxygen atoms in total. The molecule has 0 atom stereocenters. The summed E-state index contributed by atoms with van der Waals surface area (Å²) in [5, 5.41) is 10.7. The van der Waals surface area contributed by atoms with Gasteiger partial charge in [0.2, 0.25) is 5.76 Å². The maximum atomic E-state index is 10.6. The first-order chi connectivity index (χ1) is 7.66. The van der Waals surface area contributed by atoms with Gasteiger partial charge in [-0.3, -0.25) is 0 Å². The van der Waals surface area contributed by atoms with Crippen LogP contribution in [0.1, 0.15) is 15.4 Å². The monoisotopic (exact) mass is 237 g/mol. The highest BCUT2D eigenvalue weighted by atomic mass is 32.1. The molecule has 0 bridgehead atoms. The summed E-state index contributed by atoms with van der Waals surface area (Å²) in [7, 11) is 1.87. The molecule has 84 valence electrons. The molecular formula is C11H11NO3S. The van der Waals surface area contributed by atoms with Crippen LogP contribution in [-0.4, -0.2) is 18.1 Å². The van der Waals surface area contributed by atoms with Crippen LogP contribution in [0.5, 0.6) is 0 Å². The Kier molecular flexibility index (Phi) is 2.96. The van der Waals surface area contributed by atoms with E-state index in [1.54, 1.807) is 17.4 Å². The normalized spacial score (nSPS) is 10.3. The van der Waals surface area contributed by atoms with Gasteiger partial charge >= 0.3 is 5.97 Å². The van der Waals surface area contributed by atoms with Crippen molar-refractivity contribution in [1.82, 2.24) is 0 Å². The van der Waals surface area contributed by atoms with E-state index in [0.717, 1.165) is 0 Å². The van der Waals surface area contributed by atoms with E-state index >= 15 is 0 Å². The number of anilines is 1. The lowest BCUT2D eigenvalue weighted by atomic mass is 10.4. The van der Waals surface area contributed by atoms with Gasteiger partial charge in [0, 0.05) is 18.0 Å². The molecule has 0 spiro atoms. The first-order valence-corrected chi connectivity index (χ1v) is 5.61. The standard InChI is InChI=1S/C11H11NO3S/c1-12(7-8-3-2-6-16-8)10-5-4-9(15-10)11(13)14/h2-6H,7H2,1H3,(H,13,14). The van der Waals surface area contributed by atoms with E-state index in [1.165, 1.54) is 10.9 Å². The summed E-state index contributed by atoms with van der Waals surface area (Å²) < 4.78 is 5.19. The fraction of sp³-hybridized carbons (Fsp3) is 0.182. The predicted molar refractivity (Wildman–Crippen MR) is 62.1 cm³/mol. The van der Waals surface area contributed by atoms with E-state index in [-0.39, 0.29) is 5.76 Å². The summed E-state index contributed by atoms with van der Waals surface area (Å²) in [6.07, 6.45) is 0. The molecule has 0 aliphatic rings. The number of rotatable bonds is 4. The van der Waals surface area contributed by atoms with Crippen LogP contribution in [0.4, 0.5) is 5.88 Å². The first-order valence-electron chi connectivity index (χ1n) is 4.73. The molecule has 2 aromatic rings. The smallest absolute Gasteiger partial charge is 0.371 e. The van der Waals surface area contributed by atoms with Gasteiger partial charge in [0.1, 0.15) is 0 Å². The molecule has 1 N–H and O–H groups in total. The second kappa shape index (κ2) is 4.40. The van der Waals surface area contributed by atoms with E-state index < -0.39 is 5.97 Å². The lowest BCUT2D eigenvalue weighted by molar-refractivity contribution is 0.0663. The van der Waals surface area contributed by atoms with Crippen molar-refractivity contribution in [2.45, 2.75) is 6.54 Å². The van der Waals surface area contributed by atoms with Gasteiger partial charge in [-0.05, 0) is 17.5 Å². The fourth-order valence-corrected chi connectivity index (χ4v) is 2.12. The molecule has 0 aromatic carbocycles. The summed E-state index contributed by atoms with van der Waals surface area (Å²) in [6, 6.07) is 7.14. The van der Waals surface area contributed by atoms with Crippen LogP contribution < -0.4 is 4.90 Å². The van der Waals surface area contributed by atoms with Crippen molar-refractivity contribution in [2.24, 2.45) is 0 Å². The lowest BCUT2D eigenvalue weighted by Gasteiger charge is -2.14. The van der Waals surface area contributed by atoms with E-state index in [1.807, 2.05) is 29.5 Å². The van der Waals surface area contributed by atoms with Gasteiger partial charge in [-0.1, -0.05) is 6.07 Å². The molecule has 0 fully saturated rings. The third kappa shape index (κ3) is 2.25. The largest absolute Gasteiger partial charge is 0.475 e. The second-order valence-electron chi connectivity index (χ2n) is 3.38. The minimum absolute atomic E-state index is 0.0342. The van der Waals surface area contributed by atoms with Crippen LogP contribution in [0.3, 0.4) is 0 Å². The number of nitrogens with zero attached hydrogens (tertiary/aromatic N) is 1. The van der Waals surface area contributed by atoms with E-state index in [4.69, 9.17) is 9.52 Å². The highest BCUT2D eigenvalue weighted by Crippen LogP contribution is 2.20. The third-order valence-electron chi connectivity index (χ3n) is 2.15. The number of thiophene rings is 1. The number of furan rings is 1. The predicted octanol–water partition coefficient (Wildman–Crippen LogP) is 2.68. The summed E-state index contributed by atoms with van der Waals surface area (Å²) in [4.78, 5) is 13.7. The maximum absolute atomic E-state index is 10.6. The Balaban J connectivity index is 2.08. The number of hydrogen-bond acceptors (Lipinski definition) is 4. The number of hydrogen-bond donors (Lipinski definition) is 1. The first kappa shape index (κ1) is 10.8. The van der Waals surface area contributed by atoms with Crippen molar-refractivity contribution in [3.63, 3.8) is 0 Å². The van der Waals surface area contributed by atoms with E-state index in [2.05, 4.69) is 0 Å². The van der Waals surface area contributed by atoms with Gasteiger partial charge in [-0.2, -0.15) is 0 Å². The Morgan fingerprint density at radius 2 is 2.31 bits per heavy atom. The van der Waals surface area contributed by atoms with E-state index in [9.17, 15) is 4.79 Å². The zero-order chi connectivity index (χ0) is 11.5. The Morgan fingerprint density at radius 3 is 2.88 bits per heavy atom. The van der Waals surface area contributed by atoms with Crippen molar-refractivity contribution in [3.8, 4) is 0 Å². The van der Waals surface area contributed by atoms with Crippen LogP contribution in [0.2, 0.25) is 0 Å². The molecule has 2 aromatic heterocycles. The highest BCUT2D eigenvalue weighted by molar-refractivity contribution is 7.09. The summed E-state index contributed by atoms with van der Waals surface area (Å²) >= 11 is 1.66. The second-order valence-corrected chi connectivity index (χ2v) is 4.41. The molecule has 2 rings (SSSR count). The van der Waals surface area contributed by atoms with Crippen LogP contribution in [0.25, 0.3) is 0 Å². The van der Waals surface area contributed by atoms with Gasteiger partial charge < -0.3 is 14.4 Å². The van der Waals surface area contributed by atoms with Crippen molar-refractivity contribution >= 4 is 23.2 Å². The van der Waals surface area contributed by atoms with Crippen LogP contribution >= 0.6 is 11.3 Å². The Bertz CT molecular complexity index is 475. The summed E-state index contributed by atoms with van der Waals surface area (Å²) in [6.45, 7) is 0.713.